The summed E-state index contributed by atoms with van der Waals surface area (Å²) in [6.45, 7) is 7.08. The van der Waals surface area contributed by atoms with Gasteiger partial charge in [0, 0.05) is 30.4 Å². The lowest BCUT2D eigenvalue weighted by Crippen LogP contribution is -2.58. The molecule has 9 aliphatic rings. The third kappa shape index (κ3) is 8.03. The van der Waals surface area contributed by atoms with E-state index in [1.165, 1.54) is 20.0 Å². The van der Waals surface area contributed by atoms with E-state index in [2.05, 4.69) is 32.6 Å². The molecule has 0 saturated heterocycles. The third-order valence-electron chi connectivity index (χ3n) is 17.1. The average Bonchev–Trinajstić information content (AvgIpc) is 3.82. The van der Waals surface area contributed by atoms with E-state index >= 15 is 0 Å². The molecule has 3 aromatic rings. The minimum Gasteiger partial charge on any atom is -0.496 e. The van der Waals surface area contributed by atoms with Gasteiger partial charge >= 0.3 is 23.9 Å². The van der Waals surface area contributed by atoms with Crippen LogP contribution >= 0.6 is 0 Å². The largest absolute Gasteiger partial charge is 0.496 e. The number of hydrogen-bond donors (Lipinski definition) is 0. The number of rotatable bonds is 15. The van der Waals surface area contributed by atoms with Crippen LogP contribution in [0.2, 0.25) is 0 Å². The van der Waals surface area contributed by atoms with Gasteiger partial charge in [-0.1, -0.05) is 66.4 Å². The number of benzene rings is 3. The van der Waals surface area contributed by atoms with Crippen molar-refractivity contribution in [1.82, 2.24) is 0 Å². The van der Waals surface area contributed by atoms with Crippen LogP contribution in [-0.2, 0) is 44.5 Å². The topological polar surface area (TPSA) is 114 Å². The zero-order valence-corrected chi connectivity index (χ0v) is 39.0. The molecule has 8 bridgehead atoms. The molecule has 3 aromatic carbocycles. The van der Waals surface area contributed by atoms with Crippen molar-refractivity contribution in [2.75, 3.05) is 20.3 Å². The first-order valence-electron chi connectivity index (χ1n) is 23.7. The van der Waals surface area contributed by atoms with E-state index in [1.54, 1.807) is 0 Å². The van der Waals surface area contributed by atoms with Gasteiger partial charge in [0.2, 0.25) is 0 Å². The van der Waals surface area contributed by atoms with Crippen molar-refractivity contribution in [3.8, 4) is 16.9 Å². The molecule has 0 spiro atoms. The summed E-state index contributed by atoms with van der Waals surface area (Å²) in [4.78, 5) is 55.2. The van der Waals surface area contributed by atoms with Gasteiger partial charge in [-0.05, 0) is 146 Å². The second-order valence-electron chi connectivity index (χ2n) is 21.2. The Morgan fingerprint density at radius 1 is 0.769 bits per heavy atom. The molecule has 9 nitrogen and oxygen atoms in total. The highest BCUT2D eigenvalue weighted by molar-refractivity contribution is 6.99. The van der Waals surface area contributed by atoms with Crippen LogP contribution < -0.4 is 20.3 Å². The molecule has 65 heavy (non-hydrogen) atoms. The smallest absolute Gasteiger partial charge is 0.344 e. The molecule has 1 heterocycles. The van der Waals surface area contributed by atoms with Gasteiger partial charge in [-0.15, -0.1) is 0 Å². The molecule has 8 fully saturated rings. The Bertz CT molecular complexity index is 2410. The van der Waals surface area contributed by atoms with Crippen molar-refractivity contribution >= 4 is 48.2 Å². The van der Waals surface area contributed by atoms with E-state index in [0.717, 1.165) is 77.2 Å². The summed E-state index contributed by atoms with van der Waals surface area (Å²) in [7, 11) is -0.780. The number of carbonyl (C=O) groups is 4. The van der Waals surface area contributed by atoms with E-state index in [-0.39, 0.29) is 30.3 Å². The van der Waals surface area contributed by atoms with Crippen LogP contribution in [0.4, 0.5) is 8.78 Å². The Kier molecular flexibility index (Phi) is 11.2. The maximum absolute atomic E-state index is 14.6. The van der Waals surface area contributed by atoms with E-state index in [0.29, 0.717) is 53.7 Å². The molecule has 0 N–H and O–H groups in total. The van der Waals surface area contributed by atoms with Gasteiger partial charge in [-0.25, -0.2) is 18.4 Å². The standard InChI is InChI=1S/C53H60F2O9Si/c1-29(49(58)62-28-51(2,54)55)14-30-10-12-40-39-8-6-7-9-45(39)65(46(40)23-30)38-11-13-44(60-5)41(25-38)42(26-47(56)63-52(3)35-17-31-15-32(19-35)20-36(52)18-31)50(59)61-27-48(57)64-53(4)37-21-33-16-34(24-37)43(53)22-33/h6-13,23,25,31-37,42-43,65H,1,14-22,24,26-28H2,2-5H3/t31?,32?,33-,34?,35?,36?,37?,42?,43?,52?,53?,65?/m0/s1. The third-order valence-corrected chi connectivity index (χ3v) is 20.3. The summed E-state index contributed by atoms with van der Waals surface area (Å²) >= 11 is 0. The predicted octanol–water partition coefficient (Wildman–Crippen LogP) is 7.36. The molecule has 344 valence electrons. The summed E-state index contributed by atoms with van der Waals surface area (Å²) in [6, 6.07) is 19.9. The van der Waals surface area contributed by atoms with E-state index in [4.69, 9.17) is 23.7 Å². The van der Waals surface area contributed by atoms with E-state index in [9.17, 15) is 28.0 Å². The van der Waals surface area contributed by atoms with Crippen molar-refractivity contribution in [2.24, 2.45) is 47.3 Å². The molecule has 12 rings (SSSR count). The zero-order chi connectivity index (χ0) is 45.6. The number of alkyl halides is 2. The van der Waals surface area contributed by atoms with Gasteiger partial charge in [0.1, 0.15) is 25.7 Å². The lowest BCUT2D eigenvalue weighted by Gasteiger charge is -2.59. The Morgan fingerprint density at radius 2 is 1.43 bits per heavy atom. The first kappa shape index (κ1) is 44.0. The monoisotopic (exact) mass is 906 g/mol. The second kappa shape index (κ2) is 16.5. The second-order valence-corrected chi connectivity index (χ2v) is 24.0. The fourth-order valence-electron chi connectivity index (χ4n) is 14.3. The maximum atomic E-state index is 14.6. The Labute approximate surface area is 381 Å². The van der Waals surface area contributed by atoms with Gasteiger partial charge in [-0.2, -0.15) is 0 Å². The summed E-state index contributed by atoms with van der Waals surface area (Å²) in [6.07, 6.45) is 9.67. The Balaban J connectivity index is 0.945. The summed E-state index contributed by atoms with van der Waals surface area (Å²) in [5.41, 5.74) is 2.22. The van der Waals surface area contributed by atoms with Crippen LogP contribution in [0, 0.1) is 47.3 Å². The van der Waals surface area contributed by atoms with E-state index in [1.807, 2.05) is 48.5 Å². The molecule has 0 aromatic heterocycles. The molecular formula is C53H60F2O9Si. The molecule has 0 radical (unpaired) electrons. The number of methoxy groups -OCH3 is 1. The van der Waals surface area contributed by atoms with Crippen LogP contribution in [0.1, 0.15) is 102 Å². The van der Waals surface area contributed by atoms with Crippen molar-refractivity contribution in [1.29, 1.82) is 0 Å². The van der Waals surface area contributed by atoms with Crippen LogP contribution in [0.25, 0.3) is 11.1 Å². The number of ether oxygens (including phenoxy) is 5. The van der Waals surface area contributed by atoms with Crippen LogP contribution in [-0.4, -0.2) is 70.1 Å². The summed E-state index contributed by atoms with van der Waals surface area (Å²) in [5, 5.41) is 3.17. The SMILES string of the molecule is C=C(Cc1ccc2c(c1)[SiH](c1ccc(OC)c(C(CC(=O)OC3(C)C4CC5CC(C4)CC3C5)C(=O)OCC(=O)OC3(C)C4CC5C[C@@H](C4)CC53)c1)c1ccccc1-2)C(=O)OCC(C)(F)F. The number of carbonyl (C=O) groups excluding carboxylic acids is 4. The molecule has 1 aliphatic heterocycles. The number of fused-ring (bicyclic) bond motifs is 3. The number of halogens is 2. The highest BCUT2D eigenvalue weighted by atomic mass is 28.3. The van der Waals surface area contributed by atoms with Crippen LogP contribution in [0.15, 0.2) is 72.8 Å². The molecule has 8 aliphatic carbocycles. The van der Waals surface area contributed by atoms with Crippen molar-refractivity contribution in [2.45, 2.75) is 114 Å². The Hall–Kier alpha value is -4.84. The van der Waals surface area contributed by atoms with E-state index < -0.39 is 68.9 Å². The van der Waals surface area contributed by atoms with Crippen LogP contribution in [0.5, 0.6) is 5.75 Å². The molecule has 8 saturated carbocycles. The first-order chi connectivity index (χ1) is 31.0. The zero-order valence-electron chi connectivity index (χ0n) is 37.9. The van der Waals surface area contributed by atoms with Gasteiger partial charge in [0.15, 0.2) is 13.2 Å². The highest BCUT2D eigenvalue weighted by Gasteiger charge is 2.62. The fraction of sp³-hybridized carbons (Fsp3) is 0.547. The van der Waals surface area contributed by atoms with Gasteiger partial charge < -0.3 is 23.7 Å². The predicted molar refractivity (Wildman–Crippen MR) is 242 cm³/mol. The molecule has 0 amide bonds. The number of esters is 4. The van der Waals surface area contributed by atoms with Gasteiger partial charge in [0.05, 0.1) is 19.4 Å². The minimum absolute atomic E-state index is 0.0612. The highest BCUT2D eigenvalue weighted by Crippen LogP contribution is 2.64. The molecule has 12 heteroatoms. The quantitative estimate of drug-likeness (QED) is 0.0523. The average molecular weight is 907 g/mol. The van der Waals surface area contributed by atoms with Gasteiger partial charge in [-0.3, -0.25) is 9.59 Å². The molecule has 7 atom stereocenters. The van der Waals surface area contributed by atoms with Crippen molar-refractivity contribution in [3.63, 3.8) is 0 Å². The first-order valence-corrected chi connectivity index (χ1v) is 25.5. The van der Waals surface area contributed by atoms with Gasteiger partial charge in [0.25, 0.3) is 5.92 Å². The normalized spacial score (nSPS) is 32.4. The Morgan fingerprint density at radius 3 is 2.12 bits per heavy atom. The summed E-state index contributed by atoms with van der Waals surface area (Å²) in [5.74, 6) is -2.73. The van der Waals surface area contributed by atoms with Crippen LogP contribution in [0.3, 0.4) is 0 Å². The van der Waals surface area contributed by atoms with Crippen molar-refractivity contribution < 1.29 is 51.6 Å². The maximum Gasteiger partial charge on any atom is 0.344 e. The van der Waals surface area contributed by atoms with Crippen molar-refractivity contribution in [3.05, 3.63) is 83.9 Å². The number of hydrogen-bond acceptors (Lipinski definition) is 9. The summed E-state index contributed by atoms with van der Waals surface area (Å²) < 4.78 is 56.4. The lowest BCUT2D eigenvalue weighted by molar-refractivity contribution is -0.204. The molecular weight excluding hydrogens is 847 g/mol. The molecule has 6 unspecified atom stereocenters. The minimum atomic E-state index is -3.16. The fourth-order valence-corrected chi connectivity index (χ4v) is 17.8. The lowest BCUT2D eigenvalue weighted by atomic mass is 9.50.